The van der Waals surface area contributed by atoms with Crippen LogP contribution in [0, 0.1) is 6.92 Å². The summed E-state index contributed by atoms with van der Waals surface area (Å²) in [4.78, 5) is 25.6. The molecule has 0 unspecified atom stereocenters. The Morgan fingerprint density at radius 2 is 1.91 bits per heavy atom. The van der Waals surface area contributed by atoms with Gasteiger partial charge in [0, 0.05) is 27.8 Å². The number of carbonyl (C=O) groups excluding carboxylic acids is 2. The molecule has 0 bridgehead atoms. The number of carbonyl (C=O) groups is 2. The van der Waals surface area contributed by atoms with Crippen molar-refractivity contribution in [3.63, 3.8) is 0 Å². The molecule has 0 amide bonds. The highest BCUT2D eigenvalue weighted by Crippen LogP contribution is 2.39. The van der Waals surface area contributed by atoms with Gasteiger partial charge in [-0.3, -0.25) is 9.59 Å². The first kappa shape index (κ1) is 23.0. The Morgan fingerprint density at radius 1 is 1.11 bits per heavy atom. The van der Waals surface area contributed by atoms with Gasteiger partial charge in [0.2, 0.25) is 5.78 Å². The molecule has 0 saturated heterocycles. The van der Waals surface area contributed by atoms with Crippen LogP contribution in [0.2, 0.25) is 5.02 Å². The van der Waals surface area contributed by atoms with Crippen LogP contribution < -0.4 is 18.9 Å². The van der Waals surface area contributed by atoms with Crippen molar-refractivity contribution < 1.29 is 33.3 Å². The maximum atomic E-state index is 13.1. The van der Waals surface area contributed by atoms with E-state index in [1.165, 1.54) is 0 Å². The van der Waals surface area contributed by atoms with Gasteiger partial charge in [0.15, 0.2) is 24.9 Å². The summed E-state index contributed by atoms with van der Waals surface area (Å²) in [5.74, 6) is 1.79. The molecule has 0 aromatic heterocycles. The van der Waals surface area contributed by atoms with Gasteiger partial charge in [-0.05, 0) is 61.0 Å². The fraction of sp³-hybridized carbons (Fsp3) is 0.185. The molecule has 0 fully saturated rings. The molecule has 0 N–H and O–H groups in total. The second-order valence-corrected chi connectivity index (χ2v) is 8.52. The van der Waals surface area contributed by atoms with Crippen LogP contribution in [-0.2, 0) is 11.3 Å². The van der Waals surface area contributed by atoms with Crippen molar-refractivity contribution in [2.45, 2.75) is 13.5 Å². The minimum absolute atomic E-state index is 0.120. The highest BCUT2D eigenvalue weighted by atomic mass is 35.5. The highest BCUT2D eigenvalue weighted by molar-refractivity contribution is 6.31. The molecule has 0 aliphatic carbocycles. The third-order valence-corrected chi connectivity index (χ3v) is 5.93. The number of hydrogen-bond donors (Lipinski definition) is 0. The summed E-state index contributed by atoms with van der Waals surface area (Å²) in [5.41, 5.74) is 3.07. The zero-order chi connectivity index (χ0) is 24.5. The van der Waals surface area contributed by atoms with Crippen LogP contribution in [-0.4, -0.2) is 32.1 Å². The van der Waals surface area contributed by atoms with Crippen LogP contribution >= 0.6 is 11.6 Å². The van der Waals surface area contributed by atoms with Crippen molar-refractivity contribution in [2.75, 3.05) is 20.5 Å². The number of methoxy groups -OCH3 is 1. The molecule has 178 valence electrons. The van der Waals surface area contributed by atoms with Crippen molar-refractivity contribution in [3.8, 4) is 23.0 Å². The second kappa shape index (κ2) is 9.44. The largest absolute Gasteiger partial charge is 0.497 e. The van der Waals surface area contributed by atoms with Gasteiger partial charge in [-0.2, -0.15) is 0 Å². The Kier molecular flexibility index (Phi) is 6.19. The van der Waals surface area contributed by atoms with Crippen LogP contribution in [0.1, 0.15) is 37.4 Å². The molecular formula is C27H21ClO7. The number of allylic oxidation sites excluding steroid dienone is 1. The first-order valence-electron chi connectivity index (χ1n) is 10.8. The molecule has 2 aliphatic rings. The molecule has 3 aromatic carbocycles. The lowest BCUT2D eigenvalue weighted by atomic mass is 10.0. The Hall–Kier alpha value is -3.81. The maximum Gasteiger partial charge on any atom is 0.232 e. The number of hydrogen-bond acceptors (Lipinski definition) is 7. The van der Waals surface area contributed by atoms with E-state index in [-0.39, 0.29) is 30.7 Å². The van der Waals surface area contributed by atoms with E-state index >= 15 is 0 Å². The summed E-state index contributed by atoms with van der Waals surface area (Å²) in [5, 5.41) is 0.501. The van der Waals surface area contributed by atoms with Crippen LogP contribution in [0.15, 0.2) is 54.3 Å². The predicted octanol–water partition coefficient (Wildman–Crippen LogP) is 5.40. The molecule has 0 spiro atoms. The number of ketones is 2. The van der Waals surface area contributed by atoms with E-state index in [0.29, 0.717) is 56.9 Å². The molecular weight excluding hydrogens is 472 g/mol. The molecule has 0 saturated carbocycles. The third-order valence-electron chi connectivity index (χ3n) is 5.72. The van der Waals surface area contributed by atoms with Crippen LogP contribution in [0.5, 0.6) is 23.0 Å². The minimum Gasteiger partial charge on any atom is -0.497 e. The van der Waals surface area contributed by atoms with Gasteiger partial charge in [-0.15, -0.1) is 0 Å². The molecule has 0 radical (unpaired) electrons. The average Bonchev–Trinajstić information content (AvgIpc) is 3.17. The fourth-order valence-corrected chi connectivity index (χ4v) is 4.28. The zero-order valence-electron chi connectivity index (χ0n) is 19.1. The van der Waals surface area contributed by atoms with Crippen molar-refractivity contribution in [1.29, 1.82) is 0 Å². The topological polar surface area (TPSA) is 80.3 Å². The van der Waals surface area contributed by atoms with E-state index in [9.17, 15) is 9.59 Å². The van der Waals surface area contributed by atoms with Gasteiger partial charge in [0.05, 0.1) is 19.3 Å². The number of fused-ring (bicyclic) bond motifs is 2. The summed E-state index contributed by atoms with van der Waals surface area (Å²) in [6.45, 7) is 2.13. The van der Waals surface area contributed by atoms with Crippen molar-refractivity contribution in [2.24, 2.45) is 0 Å². The molecule has 35 heavy (non-hydrogen) atoms. The van der Waals surface area contributed by atoms with Crippen molar-refractivity contribution in [3.05, 3.63) is 87.1 Å². The Labute approximate surface area is 206 Å². The lowest BCUT2D eigenvalue weighted by Gasteiger charge is -2.20. The van der Waals surface area contributed by atoms with Crippen molar-refractivity contribution in [1.82, 2.24) is 0 Å². The average molecular weight is 493 g/mol. The van der Waals surface area contributed by atoms with Gasteiger partial charge in [-0.1, -0.05) is 11.6 Å². The van der Waals surface area contributed by atoms with E-state index < -0.39 is 0 Å². The SMILES string of the molecule is COc1ccc(C(=O)COc2cc(C)c3c(c2)O/C(=C\c2cc(Cl)cc4c2OCOC4)C3=O)cc1. The summed E-state index contributed by atoms with van der Waals surface area (Å²) in [7, 11) is 1.56. The Morgan fingerprint density at radius 3 is 2.69 bits per heavy atom. The summed E-state index contributed by atoms with van der Waals surface area (Å²) in [6, 6.07) is 13.6. The molecule has 2 heterocycles. The lowest BCUT2D eigenvalue weighted by Crippen LogP contribution is -2.12. The molecule has 5 rings (SSSR count). The predicted molar refractivity (Wildman–Crippen MR) is 129 cm³/mol. The molecule has 8 heteroatoms. The standard InChI is InChI=1S/C27H21ClO7/c1-15-7-21(33-13-22(29)16-3-5-20(31-2)6-4-16)11-23-25(15)26(30)24(35-23)10-17-8-19(28)9-18-12-32-14-34-27(17)18/h3-11H,12-14H2,1-2H3/b24-10-. The first-order chi connectivity index (χ1) is 16.9. The summed E-state index contributed by atoms with van der Waals surface area (Å²) >= 11 is 6.24. The number of benzene rings is 3. The lowest BCUT2D eigenvalue weighted by molar-refractivity contribution is -0.0165. The Balaban J connectivity index is 1.36. The van der Waals surface area contributed by atoms with Gasteiger partial charge < -0.3 is 23.7 Å². The third kappa shape index (κ3) is 4.60. The second-order valence-electron chi connectivity index (χ2n) is 8.09. The quantitative estimate of drug-likeness (QED) is 0.336. The molecule has 7 nitrogen and oxygen atoms in total. The van der Waals surface area contributed by atoms with Gasteiger partial charge >= 0.3 is 0 Å². The van der Waals surface area contributed by atoms with Gasteiger partial charge in [0.25, 0.3) is 0 Å². The van der Waals surface area contributed by atoms with E-state index in [1.807, 2.05) is 0 Å². The van der Waals surface area contributed by atoms with E-state index in [0.717, 1.165) is 5.56 Å². The van der Waals surface area contributed by atoms with Gasteiger partial charge in [-0.25, -0.2) is 0 Å². The van der Waals surface area contributed by atoms with E-state index in [2.05, 4.69) is 0 Å². The van der Waals surface area contributed by atoms with E-state index in [4.69, 9.17) is 35.3 Å². The minimum atomic E-state index is -0.251. The summed E-state index contributed by atoms with van der Waals surface area (Å²) < 4.78 is 27.7. The molecule has 2 aliphatic heterocycles. The van der Waals surface area contributed by atoms with E-state index in [1.54, 1.807) is 68.6 Å². The fourth-order valence-electron chi connectivity index (χ4n) is 4.03. The Bertz CT molecular complexity index is 1360. The highest BCUT2D eigenvalue weighted by Gasteiger charge is 2.31. The smallest absolute Gasteiger partial charge is 0.232 e. The number of aryl methyl sites for hydroxylation is 1. The normalized spacial score (nSPS) is 15.2. The van der Waals surface area contributed by atoms with Crippen molar-refractivity contribution >= 4 is 29.2 Å². The number of Topliss-reactive ketones (excluding diaryl/α,β-unsaturated/α-hetero) is 2. The molecule has 0 atom stereocenters. The molecule has 3 aromatic rings. The zero-order valence-corrected chi connectivity index (χ0v) is 19.8. The number of rotatable bonds is 6. The first-order valence-corrected chi connectivity index (χ1v) is 11.2. The van der Waals surface area contributed by atoms with Gasteiger partial charge in [0.1, 0.15) is 23.0 Å². The van der Waals surface area contributed by atoms with Crippen LogP contribution in [0.4, 0.5) is 0 Å². The van der Waals surface area contributed by atoms with Crippen LogP contribution in [0.25, 0.3) is 6.08 Å². The maximum absolute atomic E-state index is 13.1. The summed E-state index contributed by atoms with van der Waals surface area (Å²) in [6.07, 6.45) is 1.62. The van der Waals surface area contributed by atoms with Crippen LogP contribution in [0.3, 0.4) is 0 Å². The number of ether oxygens (including phenoxy) is 5. The monoisotopic (exact) mass is 492 g/mol. The number of halogens is 1.